The number of carbonyl (C=O) groups excluding carboxylic acids is 2. The third-order valence-electron chi connectivity index (χ3n) is 5.34. The van der Waals surface area contributed by atoms with Crippen LogP contribution in [0.3, 0.4) is 0 Å². The number of hydrogen-bond donors (Lipinski definition) is 0. The van der Waals surface area contributed by atoms with E-state index < -0.39 is 0 Å². The SMILES string of the molecule is O=C1CCCN1CC(=O)N1CCC[C@@H](c2cc3ccccc3cn2)C1. The topological polar surface area (TPSA) is 53.5 Å². The second-order valence-electron chi connectivity index (χ2n) is 7.05. The summed E-state index contributed by atoms with van der Waals surface area (Å²) in [6, 6.07) is 10.4. The zero-order valence-electron chi connectivity index (χ0n) is 14.4. The van der Waals surface area contributed by atoms with Gasteiger partial charge in [0.05, 0.1) is 6.54 Å². The lowest BCUT2D eigenvalue weighted by molar-refractivity contribution is -0.139. The molecular weight excluding hydrogens is 314 g/mol. The molecule has 0 bridgehead atoms. The van der Waals surface area contributed by atoms with Crippen LogP contribution in [0.1, 0.15) is 37.3 Å². The molecule has 0 radical (unpaired) electrons. The molecule has 2 amide bonds. The Hall–Kier alpha value is -2.43. The number of rotatable bonds is 3. The molecule has 1 atom stereocenters. The highest BCUT2D eigenvalue weighted by molar-refractivity contribution is 5.86. The normalized spacial score (nSPS) is 21.1. The molecule has 2 aliphatic rings. The maximum atomic E-state index is 12.6. The molecule has 2 fully saturated rings. The Labute approximate surface area is 147 Å². The molecule has 2 aliphatic heterocycles. The van der Waals surface area contributed by atoms with Gasteiger partial charge >= 0.3 is 0 Å². The summed E-state index contributed by atoms with van der Waals surface area (Å²) < 4.78 is 0. The van der Waals surface area contributed by atoms with Gasteiger partial charge in [-0.2, -0.15) is 0 Å². The van der Waals surface area contributed by atoms with Crippen LogP contribution in [-0.4, -0.2) is 52.8 Å². The fourth-order valence-corrected chi connectivity index (χ4v) is 3.90. The summed E-state index contributed by atoms with van der Waals surface area (Å²) in [5.41, 5.74) is 1.06. The fraction of sp³-hybridized carbons (Fsp3) is 0.450. The van der Waals surface area contributed by atoms with E-state index in [1.165, 1.54) is 5.39 Å². The van der Waals surface area contributed by atoms with Crippen molar-refractivity contribution in [3.05, 3.63) is 42.2 Å². The van der Waals surface area contributed by atoms with Crippen molar-refractivity contribution in [1.29, 1.82) is 0 Å². The minimum atomic E-state index is 0.0701. The highest BCUT2D eigenvalue weighted by Gasteiger charge is 2.29. The standard InChI is InChI=1S/C20H23N3O2/c24-19-8-4-10-23(19)14-20(25)22-9-3-7-17(13-22)18-11-15-5-1-2-6-16(15)12-21-18/h1-2,5-6,11-12,17H,3-4,7-10,13-14H2/t17-/m1/s1. The van der Waals surface area contributed by atoms with Crippen LogP contribution in [0, 0.1) is 0 Å². The smallest absolute Gasteiger partial charge is 0.242 e. The van der Waals surface area contributed by atoms with Crippen LogP contribution in [0.5, 0.6) is 0 Å². The highest BCUT2D eigenvalue weighted by atomic mass is 16.2. The Morgan fingerprint density at radius 3 is 2.80 bits per heavy atom. The van der Waals surface area contributed by atoms with Crippen molar-refractivity contribution in [3.63, 3.8) is 0 Å². The molecule has 5 heteroatoms. The average molecular weight is 337 g/mol. The first-order valence-electron chi connectivity index (χ1n) is 9.11. The zero-order chi connectivity index (χ0) is 17.2. The molecule has 25 heavy (non-hydrogen) atoms. The predicted octanol–water partition coefficient (Wildman–Crippen LogP) is 2.56. The van der Waals surface area contributed by atoms with Crippen LogP contribution in [0.2, 0.25) is 0 Å². The van der Waals surface area contributed by atoms with Gasteiger partial charge < -0.3 is 9.80 Å². The lowest BCUT2D eigenvalue weighted by Gasteiger charge is -2.33. The Bertz CT molecular complexity index is 804. The van der Waals surface area contributed by atoms with Crippen molar-refractivity contribution in [3.8, 4) is 0 Å². The van der Waals surface area contributed by atoms with E-state index in [0.717, 1.165) is 36.9 Å². The Kier molecular flexibility index (Phi) is 4.38. The minimum absolute atomic E-state index is 0.0701. The van der Waals surface area contributed by atoms with Crippen molar-refractivity contribution >= 4 is 22.6 Å². The van der Waals surface area contributed by atoms with Gasteiger partial charge in [0.1, 0.15) is 0 Å². The van der Waals surface area contributed by atoms with Crippen LogP contribution in [-0.2, 0) is 9.59 Å². The first kappa shape index (κ1) is 16.1. The van der Waals surface area contributed by atoms with Crippen LogP contribution < -0.4 is 0 Å². The molecule has 3 heterocycles. The summed E-state index contributed by atoms with van der Waals surface area (Å²) in [6.45, 7) is 2.43. The number of likely N-dealkylation sites (tertiary alicyclic amines) is 2. The summed E-state index contributed by atoms with van der Waals surface area (Å²) in [5, 5.41) is 2.33. The van der Waals surface area contributed by atoms with Gasteiger partial charge in [0.2, 0.25) is 11.8 Å². The van der Waals surface area contributed by atoms with E-state index in [0.29, 0.717) is 19.5 Å². The van der Waals surface area contributed by atoms with Gasteiger partial charge in [0.15, 0.2) is 0 Å². The molecule has 130 valence electrons. The number of fused-ring (bicyclic) bond motifs is 1. The number of hydrogen-bond acceptors (Lipinski definition) is 3. The van der Waals surface area contributed by atoms with E-state index in [-0.39, 0.29) is 24.3 Å². The average Bonchev–Trinajstić information content (AvgIpc) is 3.06. The van der Waals surface area contributed by atoms with Crippen molar-refractivity contribution in [2.24, 2.45) is 0 Å². The van der Waals surface area contributed by atoms with E-state index in [1.54, 1.807) is 4.90 Å². The molecule has 0 unspecified atom stereocenters. The van der Waals surface area contributed by atoms with Crippen molar-refractivity contribution in [2.75, 3.05) is 26.2 Å². The number of piperidine rings is 1. The van der Waals surface area contributed by atoms with Crippen LogP contribution in [0.4, 0.5) is 0 Å². The maximum Gasteiger partial charge on any atom is 0.242 e. The quantitative estimate of drug-likeness (QED) is 0.865. The summed E-state index contributed by atoms with van der Waals surface area (Å²) >= 11 is 0. The molecule has 2 saturated heterocycles. The monoisotopic (exact) mass is 337 g/mol. The van der Waals surface area contributed by atoms with E-state index in [9.17, 15) is 9.59 Å². The molecular formula is C20H23N3O2. The largest absolute Gasteiger partial charge is 0.340 e. The third kappa shape index (κ3) is 3.36. The van der Waals surface area contributed by atoms with E-state index >= 15 is 0 Å². The molecule has 1 aromatic carbocycles. The predicted molar refractivity (Wildman–Crippen MR) is 96.1 cm³/mol. The Morgan fingerprint density at radius 1 is 1.16 bits per heavy atom. The summed E-state index contributed by atoms with van der Waals surface area (Å²) in [5.74, 6) is 0.454. The molecule has 5 nitrogen and oxygen atoms in total. The van der Waals surface area contributed by atoms with Gasteiger partial charge in [0, 0.05) is 49.2 Å². The van der Waals surface area contributed by atoms with E-state index in [4.69, 9.17) is 0 Å². The van der Waals surface area contributed by atoms with Crippen LogP contribution in [0.25, 0.3) is 10.8 Å². The van der Waals surface area contributed by atoms with Crippen LogP contribution in [0.15, 0.2) is 36.5 Å². The minimum Gasteiger partial charge on any atom is -0.340 e. The second-order valence-corrected chi connectivity index (χ2v) is 7.05. The number of nitrogens with zero attached hydrogens (tertiary/aromatic N) is 3. The van der Waals surface area contributed by atoms with E-state index in [2.05, 4.69) is 23.2 Å². The number of aromatic nitrogens is 1. The fourth-order valence-electron chi connectivity index (χ4n) is 3.90. The molecule has 0 spiro atoms. The lowest BCUT2D eigenvalue weighted by Crippen LogP contribution is -2.45. The van der Waals surface area contributed by atoms with Gasteiger partial charge in [-0.1, -0.05) is 24.3 Å². The van der Waals surface area contributed by atoms with E-state index in [1.807, 2.05) is 23.2 Å². The molecule has 0 saturated carbocycles. The van der Waals surface area contributed by atoms with Crippen LogP contribution >= 0.6 is 0 Å². The number of amides is 2. The highest BCUT2D eigenvalue weighted by Crippen LogP contribution is 2.27. The molecule has 0 N–H and O–H groups in total. The zero-order valence-corrected chi connectivity index (χ0v) is 14.4. The number of benzene rings is 1. The van der Waals surface area contributed by atoms with Crippen molar-refractivity contribution < 1.29 is 9.59 Å². The molecule has 0 aliphatic carbocycles. The molecule has 1 aromatic heterocycles. The number of carbonyl (C=O) groups is 2. The molecule has 2 aromatic rings. The Balaban J connectivity index is 1.46. The summed E-state index contributed by atoms with van der Waals surface area (Å²) in [6.07, 6.45) is 5.41. The van der Waals surface area contributed by atoms with Gasteiger partial charge in [-0.3, -0.25) is 14.6 Å². The first-order valence-corrected chi connectivity index (χ1v) is 9.11. The Morgan fingerprint density at radius 2 is 2.00 bits per heavy atom. The number of pyridine rings is 1. The van der Waals surface area contributed by atoms with Gasteiger partial charge in [-0.15, -0.1) is 0 Å². The van der Waals surface area contributed by atoms with Gasteiger partial charge in [-0.05, 0) is 30.7 Å². The summed E-state index contributed by atoms with van der Waals surface area (Å²) in [7, 11) is 0. The molecule has 4 rings (SSSR count). The van der Waals surface area contributed by atoms with Crippen molar-refractivity contribution in [1.82, 2.24) is 14.8 Å². The van der Waals surface area contributed by atoms with Gasteiger partial charge in [0.25, 0.3) is 0 Å². The maximum absolute atomic E-state index is 12.6. The third-order valence-corrected chi connectivity index (χ3v) is 5.34. The summed E-state index contributed by atoms with van der Waals surface area (Å²) in [4.78, 5) is 32.6. The van der Waals surface area contributed by atoms with Gasteiger partial charge in [-0.25, -0.2) is 0 Å². The second kappa shape index (κ2) is 6.82. The first-order chi connectivity index (χ1) is 12.2. The lowest BCUT2D eigenvalue weighted by atomic mass is 9.93. The van der Waals surface area contributed by atoms with Crippen molar-refractivity contribution in [2.45, 2.75) is 31.6 Å².